The van der Waals surface area contributed by atoms with Gasteiger partial charge in [0.15, 0.2) is 0 Å². The van der Waals surface area contributed by atoms with Crippen molar-refractivity contribution in [1.29, 1.82) is 0 Å². The Morgan fingerprint density at radius 1 is 1.48 bits per heavy atom. The number of thioether (sulfide) groups is 1. The van der Waals surface area contributed by atoms with Gasteiger partial charge in [-0.15, -0.1) is 11.8 Å². The van der Waals surface area contributed by atoms with Crippen LogP contribution < -0.4 is 0 Å². The van der Waals surface area contributed by atoms with Crippen molar-refractivity contribution in [3.05, 3.63) is 34.4 Å². The fraction of sp³-hybridized carbons (Fsp3) is 0.462. The van der Waals surface area contributed by atoms with E-state index in [4.69, 9.17) is 4.74 Å². The number of benzene rings is 1. The molecule has 8 heteroatoms. The van der Waals surface area contributed by atoms with Crippen molar-refractivity contribution in [1.82, 2.24) is 4.90 Å². The van der Waals surface area contributed by atoms with Crippen LogP contribution in [0.5, 0.6) is 0 Å². The van der Waals surface area contributed by atoms with Crippen LogP contribution in [0.25, 0.3) is 0 Å². The lowest BCUT2D eigenvalue weighted by Gasteiger charge is -2.34. The van der Waals surface area contributed by atoms with Gasteiger partial charge in [-0.3, -0.25) is 14.9 Å². The third kappa shape index (κ3) is 4.16. The second kappa shape index (κ2) is 7.39. The zero-order chi connectivity index (χ0) is 15.2. The average Bonchev–Trinajstić information content (AvgIpc) is 2.52. The predicted molar refractivity (Wildman–Crippen MR) is 77.2 cm³/mol. The Morgan fingerprint density at radius 3 is 2.81 bits per heavy atom. The highest BCUT2D eigenvalue weighted by atomic mass is 32.2. The maximum atomic E-state index is 12.1. The van der Waals surface area contributed by atoms with Gasteiger partial charge in [0.25, 0.3) is 5.69 Å². The Bertz CT molecular complexity index is 508. The van der Waals surface area contributed by atoms with E-state index in [0.717, 1.165) is 4.90 Å². The molecule has 0 aromatic heterocycles. The first kappa shape index (κ1) is 15.7. The second-order valence-corrected chi connectivity index (χ2v) is 5.59. The zero-order valence-electron chi connectivity index (χ0n) is 11.3. The topological polar surface area (TPSA) is 92.9 Å². The number of carbonyl (C=O) groups excluding carboxylic acids is 1. The Kier molecular flexibility index (Phi) is 5.54. The van der Waals surface area contributed by atoms with Crippen molar-refractivity contribution < 1.29 is 19.6 Å². The fourth-order valence-corrected chi connectivity index (χ4v) is 2.81. The van der Waals surface area contributed by atoms with E-state index < -0.39 is 4.92 Å². The molecule has 1 heterocycles. The van der Waals surface area contributed by atoms with E-state index in [-0.39, 0.29) is 30.0 Å². The summed E-state index contributed by atoms with van der Waals surface area (Å²) in [5, 5.41) is 19.8. The van der Waals surface area contributed by atoms with Gasteiger partial charge in [-0.25, -0.2) is 0 Å². The van der Waals surface area contributed by atoms with Crippen LogP contribution in [0.15, 0.2) is 29.2 Å². The maximum absolute atomic E-state index is 12.1. The Hall–Kier alpha value is -1.64. The number of aliphatic hydroxyl groups excluding tert-OH is 1. The van der Waals surface area contributed by atoms with E-state index in [9.17, 15) is 20.0 Å². The number of aliphatic hydroxyl groups is 1. The summed E-state index contributed by atoms with van der Waals surface area (Å²) >= 11 is 1.32. The number of nitro groups is 1. The lowest BCUT2D eigenvalue weighted by molar-refractivity contribution is -0.384. The van der Waals surface area contributed by atoms with Gasteiger partial charge in [0.05, 0.1) is 36.5 Å². The number of amides is 1. The van der Waals surface area contributed by atoms with Crippen molar-refractivity contribution >= 4 is 23.4 Å². The van der Waals surface area contributed by atoms with Crippen LogP contribution in [-0.2, 0) is 9.53 Å². The quantitative estimate of drug-likeness (QED) is 0.493. The van der Waals surface area contributed by atoms with Gasteiger partial charge in [-0.1, -0.05) is 0 Å². The lowest BCUT2D eigenvalue weighted by Crippen LogP contribution is -2.51. The second-order valence-electron chi connectivity index (χ2n) is 4.54. The van der Waals surface area contributed by atoms with Crippen molar-refractivity contribution in [2.75, 3.05) is 32.1 Å². The molecule has 1 unspecified atom stereocenters. The smallest absolute Gasteiger partial charge is 0.269 e. The SMILES string of the molecule is O=C(CSc1ccc([N+](=O)[O-])cc1)N1CCOCC1CO. The molecule has 1 amide bonds. The summed E-state index contributed by atoms with van der Waals surface area (Å²) in [5.41, 5.74) is 0.0270. The summed E-state index contributed by atoms with van der Waals surface area (Å²) in [4.78, 5) is 24.7. The largest absolute Gasteiger partial charge is 0.394 e. The maximum Gasteiger partial charge on any atom is 0.269 e. The normalized spacial score (nSPS) is 18.5. The Labute approximate surface area is 126 Å². The number of nitro benzene ring substituents is 1. The fourth-order valence-electron chi connectivity index (χ4n) is 2.03. The molecule has 1 atom stereocenters. The summed E-state index contributed by atoms with van der Waals surface area (Å²) < 4.78 is 5.23. The van der Waals surface area contributed by atoms with Crippen molar-refractivity contribution in [3.63, 3.8) is 0 Å². The summed E-state index contributed by atoms with van der Waals surface area (Å²) in [6, 6.07) is 5.79. The first-order chi connectivity index (χ1) is 10.1. The predicted octanol–water partition coefficient (Wildman–Crippen LogP) is 0.907. The Morgan fingerprint density at radius 2 is 2.19 bits per heavy atom. The van der Waals surface area contributed by atoms with Crippen LogP contribution in [-0.4, -0.2) is 59.0 Å². The number of morpholine rings is 1. The minimum Gasteiger partial charge on any atom is -0.394 e. The third-order valence-electron chi connectivity index (χ3n) is 3.17. The van der Waals surface area contributed by atoms with E-state index in [2.05, 4.69) is 0 Å². The van der Waals surface area contributed by atoms with Crippen LogP contribution in [0.4, 0.5) is 5.69 Å². The minimum atomic E-state index is -0.459. The first-order valence-electron chi connectivity index (χ1n) is 6.47. The number of hydrogen-bond acceptors (Lipinski definition) is 6. The molecule has 1 aromatic carbocycles. The molecule has 7 nitrogen and oxygen atoms in total. The monoisotopic (exact) mass is 312 g/mol. The standard InChI is InChI=1S/C13H16N2O5S/c16-7-11-8-20-6-5-14(11)13(17)9-21-12-3-1-10(2-4-12)15(18)19/h1-4,11,16H,5-9H2. The van der Waals surface area contributed by atoms with Gasteiger partial charge in [0, 0.05) is 23.6 Å². The number of hydrogen-bond donors (Lipinski definition) is 1. The van der Waals surface area contributed by atoms with E-state index in [1.807, 2.05) is 0 Å². The van der Waals surface area contributed by atoms with Gasteiger partial charge < -0.3 is 14.7 Å². The van der Waals surface area contributed by atoms with Gasteiger partial charge >= 0.3 is 0 Å². The molecule has 1 fully saturated rings. The molecule has 114 valence electrons. The summed E-state index contributed by atoms with van der Waals surface area (Å²) in [6.45, 7) is 1.19. The first-order valence-corrected chi connectivity index (χ1v) is 7.45. The Balaban J connectivity index is 1.89. The van der Waals surface area contributed by atoms with Gasteiger partial charge in [-0.2, -0.15) is 0 Å². The molecule has 1 saturated heterocycles. The summed E-state index contributed by atoms with van der Waals surface area (Å²) in [6.07, 6.45) is 0. The molecule has 0 saturated carbocycles. The lowest BCUT2D eigenvalue weighted by atomic mass is 10.2. The summed E-state index contributed by atoms with van der Waals surface area (Å²) in [5.74, 6) is 0.162. The molecular weight excluding hydrogens is 296 g/mol. The average molecular weight is 312 g/mol. The molecule has 1 N–H and O–H groups in total. The molecule has 1 aliphatic heterocycles. The molecule has 1 aromatic rings. The van der Waals surface area contributed by atoms with Crippen LogP contribution in [0.1, 0.15) is 0 Å². The molecule has 0 spiro atoms. The van der Waals surface area contributed by atoms with Crippen LogP contribution in [0, 0.1) is 10.1 Å². The molecule has 0 radical (unpaired) electrons. The molecule has 0 aliphatic carbocycles. The van der Waals surface area contributed by atoms with Gasteiger partial charge in [-0.05, 0) is 12.1 Å². The van der Waals surface area contributed by atoms with E-state index >= 15 is 0 Å². The van der Waals surface area contributed by atoms with Crippen molar-refractivity contribution in [3.8, 4) is 0 Å². The van der Waals surface area contributed by atoms with E-state index in [1.54, 1.807) is 17.0 Å². The number of nitrogens with zero attached hydrogens (tertiary/aromatic N) is 2. The number of ether oxygens (including phenoxy) is 1. The van der Waals surface area contributed by atoms with Crippen LogP contribution >= 0.6 is 11.8 Å². The molecule has 21 heavy (non-hydrogen) atoms. The highest BCUT2D eigenvalue weighted by molar-refractivity contribution is 8.00. The molecule has 0 bridgehead atoms. The molecule has 1 aliphatic rings. The summed E-state index contributed by atoms with van der Waals surface area (Å²) in [7, 11) is 0. The van der Waals surface area contributed by atoms with Crippen LogP contribution in [0.3, 0.4) is 0 Å². The number of rotatable bonds is 5. The van der Waals surface area contributed by atoms with Gasteiger partial charge in [0.2, 0.25) is 5.91 Å². The van der Waals surface area contributed by atoms with Gasteiger partial charge in [0.1, 0.15) is 0 Å². The van der Waals surface area contributed by atoms with Crippen molar-refractivity contribution in [2.24, 2.45) is 0 Å². The molecular formula is C13H16N2O5S. The van der Waals surface area contributed by atoms with E-state index in [1.165, 1.54) is 23.9 Å². The zero-order valence-corrected chi connectivity index (χ0v) is 12.1. The highest BCUT2D eigenvalue weighted by Crippen LogP contribution is 2.22. The highest BCUT2D eigenvalue weighted by Gasteiger charge is 2.26. The van der Waals surface area contributed by atoms with Crippen LogP contribution in [0.2, 0.25) is 0 Å². The van der Waals surface area contributed by atoms with E-state index in [0.29, 0.717) is 19.8 Å². The molecule has 2 rings (SSSR count). The third-order valence-corrected chi connectivity index (χ3v) is 4.17. The minimum absolute atomic E-state index is 0.0270. The number of non-ortho nitro benzene ring substituents is 1. The number of carbonyl (C=O) groups is 1. The van der Waals surface area contributed by atoms with Crippen molar-refractivity contribution in [2.45, 2.75) is 10.9 Å².